The second-order valence-corrected chi connectivity index (χ2v) is 8.13. The van der Waals surface area contributed by atoms with E-state index in [4.69, 9.17) is 0 Å². The lowest BCUT2D eigenvalue weighted by atomic mass is 10.0. The second kappa shape index (κ2) is 10.3. The number of hydrogen-bond donors (Lipinski definition) is 1. The van der Waals surface area contributed by atoms with Crippen molar-refractivity contribution in [3.63, 3.8) is 0 Å². The fourth-order valence-corrected chi connectivity index (χ4v) is 3.91. The molecule has 2 aromatic heterocycles. The number of aryl methyl sites for hydroxylation is 2. The molecule has 4 rings (SSSR count). The van der Waals surface area contributed by atoms with Gasteiger partial charge in [-0.3, -0.25) is 9.48 Å². The zero-order valence-corrected chi connectivity index (χ0v) is 18.0. The van der Waals surface area contributed by atoms with Crippen LogP contribution >= 0.6 is 0 Å². The molecular weight excluding hydrogens is 392 g/mol. The number of nitrogens with one attached hydrogen (secondary N) is 1. The van der Waals surface area contributed by atoms with E-state index in [-0.39, 0.29) is 11.9 Å². The van der Waals surface area contributed by atoms with Crippen molar-refractivity contribution in [1.29, 1.82) is 0 Å². The van der Waals surface area contributed by atoms with E-state index in [1.807, 2.05) is 37.4 Å². The highest BCUT2D eigenvalue weighted by Crippen LogP contribution is 2.14. The predicted octanol–water partition coefficient (Wildman–Crippen LogP) is 2.14. The largest absolute Gasteiger partial charge is 0.349 e. The molecule has 1 saturated heterocycles. The second-order valence-electron chi connectivity index (χ2n) is 8.13. The van der Waals surface area contributed by atoms with E-state index >= 15 is 0 Å². The number of tetrazole rings is 1. The summed E-state index contributed by atoms with van der Waals surface area (Å²) in [6.45, 7) is 3.96. The Hall–Kier alpha value is -3.07. The first-order valence-corrected chi connectivity index (χ1v) is 11.0. The quantitative estimate of drug-likeness (QED) is 0.531. The summed E-state index contributed by atoms with van der Waals surface area (Å²) in [7, 11) is 1.82. The van der Waals surface area contributed by atoms with E-state index in [0.29, 0.717) is 11.4 Å². The topological polar surface area (TPSA) is 93.8 Å². The van der Waals surface area contributed by atoms with Crippen molar-refractivity contribution < 1.29 is 4.79 Å². The van der Waals surface area contributed by atoms with E-state index in [1.54, 1.807) is 21.9 Å². The summed E-state index contributed by atoms with van der Waals surface area (Å²) < 4.78 is 1.65. The molecule has 0 saturated carbocycles. The number of amides is 1. The van der Waals surface area contributed by atoms with Crippen molar-refractivity contribution in [2.24, 2.45) is 7.05 Å². The number of benzene rings is 1. The van der Waals surface area contributed by atoms with Crippen LogP contribution in [0, 0.1) is 0 Å². The summed E-state index contributed by atoms with van der Waals surface area (Å²) in [4.78, 5) is 16.4. The third kappa shape index (κ3) is 5.97. The maximum Gasteiger partial charge on any atom is 0.254 e. The molecule has 1 aliphatic heterocycles. The minimum absolute atomic E-state index is 0.0244. The lowest BCUT2D eigenvalue weighted by Crippen LogP contribution is -2.44. The van der Waals surface area contributed by atoms with Crippen LogP contribution in [-0.4, -0.2) is 66.5 Å². The van der Waals surface area contributed by atoms with Gasteiger partial charge in [-0.2, -0.15) is 9.90 Å². The Morgan fingerprint density at radius 1 is 1.10 bits per heavy atom. The van der Waals surface area contributed by atoms with Crippen LogP contribution in [0.5, 0.6) is 0 Å². The number of hydrogen-bond acceptors (Lipinski definition) is 6. The number of unbranched alkanes of at least 4 members (excludes halogenated alkanes) is 2. The van der Waals surface area contributed by atoms with Gasteiger partial charge < -0.3 is 10.2 Å². The SMILES string of the molecule is Cn1cc(C(=O)NC2CCN(CCCCCn3nnc(-c4ccccc4)n3)CC2)cn1. The Labute approximate surface area is 182 Å². The standard InChI is InChI=1S/C22H30N8O/c1-28-17-19(16-23-28)22(31)24-20-10-14-29(15-11-20)12-6-3-7-13-30-26-21(25-27-30)18-8-4-2-5-9-18/h2,4-5,8-9,16-17,20H,3,6-7,10-15H2,1H3,(H,24,31). The molecule has 9 nitrogen and oxygen atoms in total. The highest BCUT2D eigenvalue weighted by atomic mass is 16.1. The highest BCUT2D eigenvalue weighted by Gasteiger charge is 2.21. The van der Waals surface area contributed by atoms with Crippen LogP contribution < -0.4 is 5.32 Å². The zero-order valence-electron chi connectivity index (χ0n) is 18.0. The first-order valence-electron chi connectivity index (χ1n) is 11.0. The van der Waals surface area contributed by atoms with Crippen LogP contribution in [0.3, 0.4) is 0 Å². The van der Waals surface area contributed by atoms with Crippen molar-refractivity contribution in [2.45, 2.75) is 44.7 Å². The Balaban J connectivity index is 1.09. The molecular formula is C22H30N8O. The van der Waals surface area contributed by atoms with Gasteiger partial charge in [-0.15, -0.1) is 10.2 Å². The summed E-state index contributed by atoms with van der Waals surface area (Å²) in [5, 5.41) is 20.0. The molecule has 1 N–H and O–H groups in total. The third-order valence-corrected chi connectivity index (χ3v) is 5.71. The van der Waals surface area contributed by atoms with Gasteiger partial charge in [-0.05, 0) is 37.4 Å². The number of carbonyl (C=O) groups excluding carboxylic acids is 1. The minimum Gasteiger partial charge on any atom is -0.349 e. The van der Waals surface area contributed by atoms with Gasteiger partial charge in [0.1, 0.15) is 0 Å². The van der Waals surface area contributed by atoms with Gasteiger partial charge in [0.2, 0.25) is 5.82 Å². The fraction of sp³-hybridized carbons (Fsp3) is 0.500. The number of rotatable bonds is 9. The van der Waals surface area contributed by atoms with Crippen molar-refractivity contribution in [1.82, 2.24) is 40.2 Å². The summed E-state index contributed by atoms with van der Waals surface area (Å²) >= 11 is 0. The van der Waals surface area contributed by atoms with Gasteiger partial charge >= 0.3 is 0 Å². The van der Waals surface area contributed by atoms with E-state index in [2.05, 4.69) is 30.7 Å². The molecule has 1 amide bonds. The third-order valence-electron chi connectivity index (χ3n) is 5.71. The van der Waals surface area contributed by atoms with Crippen molar-refractivity contribution in [3.8, 4) is 11.4 Å². The minimum atomic E-state index is -0.0244. The molecule has 0 bridgehead atoms. The lowest BCUT2D eigenvalue weighted by Gasteiger charge is -2.32. The molecule has 0 atom stereocenters. The van der Waals surface area contributed by atoms with E-state index in [1.165, 1.54) is 0 Å². The highest BCUT2D eigenvalue weighted by molar-refractivity contribution is 5.93. The van der Waals surface area contributed by atoms with Gasteiger partial charge in [-0.25, -0.2) is 0 Å². The fourth-order valence-electron chi connectivity index (χ4n) is 3.91. The number of carbonyl (C=O) groups is 1. The molecule has 31 heavy (non-hydrogen) atoms. The summed E-state index contributed by atoms with van der Waals surface area (Å²) in [5.41, 5.74) is 1.62. The van der Waals surface area contributed by atoms with Crippen LogP contribution in [0.25, 0.3) is 11.4 Å². The van der Waals surface area contributed by atoms with Gasteiger partial charge in [-0.1, -0.05) is 36.8 Å². The molecule has 1 aromatic carbocycles. The van der Waals surface area contributed by atoms with Crippen LogP contribution in [0.4, 0.5) is 0 Å². The van der Waals surface area contributed by atoms with Gasteiger partial charge in [0.15, 0.2) is 0 Å². The molecule has 0 aliphatic carbocycles. The molecule has 1 aliphatic rings. The Bertz CT molecular complexity index is 959. The molecule has 0 spiro atoms. The Morgan fingerprint density at radius 3 is 2.61 bits per heavy atom. The van der Waals surface area contributed by atoms with Crippen LogP contribution in [0.2, 0.25) is 0 Å². The molecule has 164 valence electrons. The number of aromatic nitrogens is 6. The maximum atomic E-state index is 12.3. The van der Waals surface area contributed by atoms with Gasteiger partial charge in [0, 0.05) is 37.9 Å². The number of likely N-dealkylation sites (tertiary alicyclic amines) is 1. The predicted molar refractivity (Wildman–Crippen MR) is 117 cm³/mol. The van der Waals surface area contributed by atoms with Crippen LogP contribution in [0.15, 0.2) is 42.7 Å². The zero-order chi connectivity index (χ0) is 21.5. The first kappa shape index (κ1) is 21.2. The molecule has 3 heterocycles. The Morgan fingerprint density at radius 2 is 1.87 bits per heavy atom. The number of piperidine rings is 1. The van der Waals surface area contributed by atoms with E-state index in [9.17, 15) is 4.79 Å². The average molecular weight is 423 g/mol. The summed E-state index contributed by atoms with van der Waals surface area (Å²) in [5.74, 6) is 0.655. The van der Waals surface area contributed by atoms with E-state index < -0.39 is 0 Å². The lowest BCUT2D eigenvalue weighted by molar-refractivity contribution is 0.0910. The van der Waals surface area contributed by atoms with Crippen LogP contribution in [0.1, 0.15) is 42.5 Å². The maximum absolute atomic E-state index is 12.3. The first-order chi connectivity index (χ1) is 15.2. The van der Waals surface area contributed by atoms with Crippen LogP contribution in [-0.2, 0) is 13.6 Å². The van der Waals surface area contributed by atoms with Gasteiger partial charge in [0.25, 0.3) is 5.91 Å². The smallest absolute Gasteiger partial charge is 0.254 e. The molecule has 9 heteroatoms. The van der Waals surface area contributed by atoms with Crippen molar-refractivity contribution >= 4 is 5.91 Å². The monoisotopic (exact) mass is 422 g/mol. The Kier molecular flexibility index (Phi) is 7.03. The van der Waals surface area contributed by atoms with E-state index in [0.717, 1.165) is 63.8 Å². The number of nitrogens with zero attached hydrogens (tertiary/aromatic N) is 7. The molecule has 0 radical (unpaired) electrons. The summed E-state index contributed by atoms with van der Waals surface area (Å²) in [6, 6.07) is 10.2. The molecule has 0 unspecified atom stereocenters. The summed E-state index contributed by atoms with van der Waals surface area (Å²) in [6.07, 6.45) is 8.70. The molecule has 1 fully saturated rings. The normalized spacial score (nSPS) is 15.3. The average Bonchev–Trinajstić information content (AvgIpc) is 3.45. The molecule has 3 aromatic rings. The van der Waals surface area contributed by atoms with Crippen molar-refractivity contribution in [2.75, 3.05) is 19.6 Å². The van der Waals surface area contributed by atoms with Crippen molar-refractivity contribution in [3.05, 3.63) is 48.3 Å². The van der Waals surface area contributed by atoms with Gasteiger partial charge in [0.05, 0.1) is 18.3 Å².